The van der Waals surface area contributed by atoms with Crippen molar-refractivity contribution in [2.45, 2.75) is 13.3 Å². The fraction of sp³-hybridized carbons (Fsp3) is 0.300. The maximum atomic E-state index is 13.2. The molecule has 0 aromatic heterocycles. The lowest BCUT2D eigenvalue weighted by Gasteiger charge is -2.06. The molecule has 1 aromatic rings. The number of carbonyl (C=O) groups is 1. The average molecular weight is 181 g/mol. The largest absolute Gasteiger partial charge is 0.355 e. The van der Waals surface area contributed by atoms with Crippen molar-refractivity contribution in [3.8, 4) is 0 Å². The molecule has 1 amide bonds. The second kappa shape index (κ2) is 4.03. The van der Waals surface area contributed by atoms with Crippen molar-refractivity contribution in [3.05, 3.63) is 35.1 Å². The first kappa shape index (κ1) is 9.71. The molecule has 0 aliphatic heterocycles. The van der Waals surface area contributed by atoms with Crippen LogP contribution in [0.5, 0.6) is 0 Å². The molecule has 0 atom stereocenters. The van der Waals surface area contributed by atoms with Crippen molar-refractivity contribution in [1.29, 1.82) is 0 Å². The molecular formula is C10H12FNO. The molecule has 0 spiro atoms. The quantitative estimate of drug-likeness (QED) is 0.739. The Bertz CT molecular complexity index is 323. The SMILES string of the molecule is CCc1c(F)cccc1C(=O)NC. The van der Waals surface area contributed by atoms with E-state index in [0.29, 0.717) is 17.5 Å². The van der Waals surface area contributed by atoms with Crippen LogP contribution in [0.3, 0.4) is 0 Å². The van der Waals surface area contributed by atoms with E-state index in [4.69, 9.17) is 0 Å². The summed E-state index contributed by atoms with van der Waals surface area (Å²) in [6.45, 7) is 1.82. The van der Waals surface area contributed by atoms with Crippen LogP contribution in [-0.2, 0) is 6.42 Å². The molecular weight excluding hydrogens is 169 g/mol. The lowest BCUT2D eigenvalue weighted by atomic mass is 10.0. The molecule has 1 N–H and O–H groups in total. The van der Waals surface area contributed by atoms with Crippen LogP contribution in [0.25, 0.3) is 0 Å². The summed E-state index contributed by atoms with van der Waals surface area (Å²) in [5.74, 6) is -0.556. The van der Waals surface area contributed by atoms with E-state index in [9.17, 15) is 9.18 Å². The third-order valence-electron chi connectivity index (χ3n) is 1.94. The van der Waals surface area contributed by atoms with Crippen LogP contribution >= 0.6 is 0 Å². The van der Waals surface area contributed by atoms with Crippen molar-refractivity contribution < 1.29 is 9.18 Å². The molecule has 13 heavy (non-hydrogen) atoms. The Labute approximate surface area is 76.8 Å². The Hall–Kier alpha value is -1.38. The predicted molar refractivity (Wildman–Crippen MR) is 49.2 cm³/mol. The van der Waals surface area contributed by atoms with Gasteiger partial charge in [0, 0.05) is 18.2 Å². The standard InChI is InChI=1S/C10H12FNO/c1-3-7-8(10(13)12-2)5-4-6-9(7)11/h4-6H,3H2,1-2H3,(H,12,13). The zero-order chi connectivity index (χ0) is 9.84. The third-order valence-corrected chi connectivity index (χ3v) is 1.94. The number of hydrogen-bond donors (Lipinski definition) is 1. The first-order valence-electron chi connectivity index (χ1n) is 4.20. The highest BCUT2D eigenvalue weighted by atomic mass is 19.1. The Kier molecular flexibility index (Phi) is 3.01. The van der Waals surface area contributed by atoms with Crippen molar-refractivity contribution in [2.75, 3.05) is 7.05 Å². The summed E-state index contributed by atoms with van der Waals surface area (Å²) in [4.78, 5) is 11.3. The first-order chi connectivity index (χ1) is 6.20. The van der Waals surface area contributed by atoms with E-state index in [2.05, 4.69) is 5.32 Å². The van der Waals surface area contributed by atoms with Gasteiger partial charge in [0.1, 0.15) is 5.82 Å². The van der Waals surface area contributed by atoms with Crippen LogP contribution in [0.2, 0.25) is 0 Å². The molecule has 0 bridgehead atoms. The van der Waals surface area contributed by atoms with Gasteiger partial charge in [0.2, 0.25) is 0 Å². The fourth-order valence-electron chi connectivity index (χ4n) is 1.27. The van der Waals surface area contributed by atoms with E-state index in [-0.39, 0.29) is 11.7 Å². The van der Waals surface area contributed by atoms with Gasteiger partial charge in [-0.05, 0) is 18.6 Å². The zero-order valence-corrected chi connectivity index (χ0v) is 7.73. The summed E-state index contributed by atoms with van der Waals surface area (Å²) in [6, 6.07) is 4.53. The molecule has 0 aliphatic carbocycles. The summed E-state index contributed by atoms with van der Waals surface area (Å²) in [7, 11) is 1.53. The Morgan fingerprint density at radius 3 is 2.77 bits per heavy atom. The number of amides is 1. The number of carbonyl (C=O) groups excluding carboxylic acids is 1. The summed E-state index contributed by atoms with van der Waals surface area (Å²) in [5.41, 5.74) is 0.895. The van der Waals surface area contributed by atoms with Crippen molar-refractivity contribution >= 4 is 5.91 Å². The lowest BCUT2D eigenvalue weighted by molar-refractivity contribution is 0.0961. The van der Waals surface area contributed by atoms with Gasteiger partial charge in [-0.2, -0.15) is 0 Å². The van der Waals surface area contributed by atoms with E-state index in [1.807, 2.05) is 6.92 Å². The van der Waals surface area contributed by atoms with Crippen LogP contribution in [0.1, 0.15) is 22.8 Å². The second-order valence-corrected chi connectivity index (χ2v) is 2.70. The Morgan fingerprint density at radius 1 is 1.54 bits per heavy atom. The summed E-state index contributed by atoms with van der Waals surface area (Å²) < 4.78 is 13.2. The second-order valence-electron chi connectivity index (χ2n) is 2.70. The van der Waals surface area contributed by atoms with E-state index in [1.54, 1.807) is 12.1 Å². The highest BCUT2D eigenvalue weighted by Gasteiger charge is 2.11. The van der Waals surface area contributed by atoms with Crippen LogP contribution < -0.4 is 5.32 Å². The lowest BCUT2D eigenvalue weighted by Crippen LogP contribution is -2.19. The minimum Gasteiger partial charge on any atom is -0.355 e. The molecule has 0 aliphatic rings. The van der Waals surface area contributed by atoms with E-state index < -0.39 is 0 Å². The topological polar surface area (TPSA) is 29.1 Å². The summed E-state index contributed by atoms with van der Waals surface area (Å²) in [5, 5.41) is 2.48. The van der Waals surface area contributed by atoms with Crippen LogP contribution in [-0.4, -0.2) is 13.0 Å². The molecule has 2 nitrogen and oxygen atoms in total. The van der Waals surface area contributed by atoms with Gasteiger partial charge in [-0.3, -0.25) is 4.79 Å². The molecule has 1 aromatic carbocycles. The zero-order valence-electron chi connectivity index (χ0n) is 7.73. The molecule has 1 rings (SSSR count). The monoisotopic (exact) mass is 181 g/mol. The van der Waals surface area contributed by atoms with Gasteiger partial charge in [-0.1, -0.05) is 13.0 Å². The molecule has 0 fully saturated rings. The Balaban J connectivity index is 3.20. The van der Waals surface area contributed by atoms with Crippen molar-refractivity contribution in [3.63, 3.8) is 0 Å². The summed E-state index contributed by atoms with van der Waals surface area (Å²) in [6.07, 6.45) is 0.523. The number of halogens is 1. The molecule has 0 unspecified atom stereocenters. The first-order valence-corrected chi connectivity index (χ1v) is 4.20. The average Bonchev–Trinajstić information content (AvgIpc) is 2.16. The van der Waals surface area contributed by atoms with Crippen LogP contribution in [0, 0.1) is 5.82 Å². The van der Waals surface area contributed by atoms with Gasteiger partial charge in [-0.15, -0.1) is 0 Å². The molecule has 0 saturated heterocycles. The summed E-state index contributed by atoms with van der Waals surface area (Å²) >= 11 is 0. The van der Waals surface area contributed by atoms with E-state index in [1.165, 1.54) is 13.1 Å². The number of rotatable bonds is 2. The molecule has 0 saturated carbocycles. The maximum absolute atomic E-state index is 13.2. The van der Waals surface area contributed by atoms with Crippen molar-refractivity contribution in [2.24, 2.45) is 0 Å². The van der Waals surface area contributed by atoms with Gasteiger partial charge < -0.3 is 5.32 Å². The van der Waals surface area contributed by atoms with E-state index in [0.717, 1.165) is 0 Å². The minimum absolute atomic E-state index is 0.239. The van der Waals surface area contributed by atoms with Gasteiger partial charge in [0.05, 0.1) is 0 Å². The highest BCUT2D eigenvalue weighted by molar-refractivity contribution is 5.95. The normalized spacial score (nSPS) is 9.77. The minimum atomic E-state index is -0.316. The van der Waals surface area contributed by atoms with Crippen molar-refractivity contribution in [1.82, 2.24) is 5.32 Å². The molecule has 0 heterocycles. The van der Waals surface area contributed by atoms with E-state index >= 15 is 0 Å². The predicted octanol–water partition coefficient (Wildman–Crippen LogP) is 1.75. The molecule has 70 valence electrons. The van der Waals surface area contributed by atoms with Crippen LogP contribution in [0.15, 0.2) is 18.2 Å². The van der Waals surface area contributed by atoms with Gasteiger partial charge in [0.15, 0.2) is 0 Å². The van der Waals surface area contributed by atoms with Gasteiger partial charge in [0.25, 0.3) is 5.91 Å². The molecule has 0 radical (unpaired) electrons. The van der Waals surface area contributed by atoms with Gasteiger partial charge >= 0.3 is 0 Å². The molecule has 3 heteroatoms. The highest BCUT2D eigenvalue weighted by Crippen LogP contribution is 2.13. The smallest absolute Gasteiger partial charge is 0.251 e. The van der Waals surface area contributed by atoms with Crippen LogP contribution in [0.4, 0.5) is 4.39 Å². The maximum Gasteiger partial charge on any atom is 0.251 e. The van der Waals surface area contributed by atoms with Gasteiger partial charge in [-0.25, -0.2) is 4.39 Å². The number of nitrogens with one attached hydrogen (secondary N) is 1. The third kappa shape index (κ3) is 1.86. The fourth-order valence-corrected chi connectivity index (χ4v) is 1.27. The number of hydrogen-bond acceptors (Lipinski definition) is 1. The Morgan fingerprint density at radius 2 is 2.23 bits per heavy atom. The number of benzene rings is 1.